The summed E-state index contributed by atoms with van der Waals surface area (Å²) in [6.07, 6.45) is 7.07. The Balaban J connectivity index is 0.000000211. The maximum atomic E-state index is 10.3. The number of anilines is 1. The largest absolute Gasteiger partial charge is 0.478 e. The Kier molecular flexibility index (Phi) is 6.69. The van der Waals surface area contributed by atoms with Gasteiger partial charge in [0, 0.05) is 17.3 Å². The Morgan fingerprint density at radius 2 is 1.67 bits per heavy atom. The van der Waals surface area contributed by atoms with Crippen LogP contribution < -0.4 is 11.1 Å². The second kappa shape index (κ2) is 8.03. The van der Waals surface area contributed by atoms with Crippen molar-refractivity contribution in [2.24, 2.45) is 0 Å². The van der Waals surface area contributed by atoms with E-state index in [1.807, 2.05) is 0 Å². The van der Waals surface area contributed by atoms with Gasteiger partial charge in [0.2, 0.25) is 0 Å². The summed E-state index contributed by atoms with van der Waals surface area (Å²) in [5.74, 6) is -0.931. The van der Waals surface area contributed by atoms with Crippen LogP contribution in [0.25, 0.3) is 0 Å². The van der Waals surface area contributed by atoms with Crippen LogP contribution >= 0.6 is 0 Å². The van der Waals surface area contributed by atoms with E-state index in [0.29, 0.717) is 11.2 Å². The minimum absolute atomic E-state index is 0.259. The van der Waals surface area contributed by atoms with Crippen molar-refractivity contribution >= 4 is 11.7 Å². The highest BCUT2D eigenvalue weighted by Gasteiger charge is 2.18. The molecule has 0 amide bonds. The number of hydrogen-bond acceptors (Lipinski definition) is 3. The quantitative estimate of drug-likeness (QED) is 0.727. The SMILES string of the molecule is CC(C)(C)NC1CCCCC1.Nc1ccc(C(=O)O)cc1. The summed E-state index contributed by atoms with van der Waals surface area (Å²) in [5, 5.41) is 12.1. The average molecular weight is 292 g/mol. The summed E-state index contributed by atoms with van der Waals surface area (Å²) in [5.41, 5.74) is 6.47. The fourth-order valence-electron chi connectivity index (χ4n) is 2.48. The predicted molar refractivity (Wildman–Crippen MR) is 87.6 cm³/mol. The number of aromatic carboxylic acids is 1. The first kappa shape index (κ1) is 17.5. The molecule has 0 radical (unpaired) electrons. The van der Waals surface area contributed by atoms with Gasteiger partial charge in [-0.2, -0.15) is 0 Å². The molecule has 1 aromatic carbocycles. The molecule has 1 fully saturated rings. The zero-order valence-electron chi connectivity index (χ0n) is 13.4. The van der Waals surface area contributed by atoms with Crippen LogP contribution in [0.15, 0.2) is 24.3 Å². The molecule has 0 spiro atoms. The van der Waals surface area contributed by atoms with Gasteiger partial charge >= 0.3 is 5.97 Å². The summed E-state index contributed by atoms with van der Waals surface area (Å²) in [6.45, 7) is 6.75. The molecule has 21 heavy (non-hydrogen) atoms. The summed E-state index contributed by atoms with van der Waals surface area (Å²) in [4.78, 5) is 10.3. The molecule has 0 bridgehead atoms. The van der Waals surface area contributed by atoms with Crippen LogP contribution in [0.1, 0.15) is 63.2 Å². The maximum Gasteiger partial charge on any atom is 0.335 e. The van der Waals surface area contributed by atoms with Gasteiger partial charge in [0.1, 0.15) is 0 Å². The van der Waals surface area contributed by atoms with E-state index in [2.05, 4.69) is 26.1 Å². The Bertz CT molecular complexity index is 429. The number of nitrogens with one attached hydrogen (secondary N) is 1. The molecule has 0 heterocycles. The van der Waals surface area contributed by atoms with E-state index in [1.54, 1.807) is 12.1 Å². The van der Waals surface area contributed by atoms with Gasteiger partial charge in [0.25, 0.3) is 0 Å². The van der Waals surface area contributed by atoms with Crippen LogP contribution in [0.4, 0.5) is 5.69 Å². The molecule has 4 heteroatoms. The first-order chi connectivity index (χ1) is 9.78. The third kappa shape index (κ3) is 7.71. The van der Waals surface area contributed by atoms with Gasteiger partial charge in [0.15, 0.2) is 0 Å². The minimum Gasteiger partial charge on any atom is -0.478 e. The van der Waals surface area contributed by atoms with Crippen molar-refractivity contribution in [3.05, 3.63) is 29.8 Å². The Labute approximate surface area is 127 Å². The fraction of sp³-hybridized carbons (Fsp3) is 0.588. The van der Waals surface area contributed by atoms with Crippen molar-refractivity contribution in [1.29, 1.82) is 0 Å². The van der Waals surface area contributed by atoms with E-state index in [9.17, 15) is 4.79 Å². The molecular formula is C17H28N2O2. The molecule has 1 saturated carbocycles. The van der Waals surface area contributed by atoms with Gasteiger partial charge in [-0.25, -0.2) is 4.79 Å². The molecule has 0 aliphatic heterocycles. The van der Waals surface area contributed by atoms with E-state index in [4.69, 9.17) is 10.8 Å². The zero-order valence-corrected chi connectivity index (χ0v) is 13.4. The Hall–Kier alpha value is -1.55. The lowest BCUT2D eigenvalue weighted by Gasteiger charge is -2.31. The number of nitrogen functional groups attached to an aromatic ring is 1. The van der Waals surface area contributed by atoms with Crippen LogP contribution in [0.2, 0.25) is 0 Å². The number of benzene rings is 1. The number of hydrogen-bond donors (Lipinski definition) is 3. The molecule has 4 nitrogen and oxygen atoms in total. The first-order valence-electron chi connectivity index (χ1n) is 7.64. The monoisotopic (exact) mass is 292 g/mol. The summed E-state index contributed by atoms with van der Waals surface area (Å²) in [7, 11) is 0. The zero-order chi connectivity index (χ0) is 15.9. The number of carboxylic acid groups (broad SMARTS) is 1. The number of nitrogens with two attached hydrogens (primary N) is 1. The molecule has 0 unspecified atom stereocenters. The van der Waals surface area contributed by atoms with Gasteiger partial charge in [0.05, 0.1) is 5.56 Å². The van der Waals surface area contributed by atoms with Crippen LogP contribution in [-0.2, 0) is 0 Å². The Morgan fingerprint density at radius 3 is 2.10 bits per heavy atom. The third-order valence-corrected chi connectivity index (χ3v) is 3.40. The number of rotatable bonds is 2. The van der Waals surface area contributed by atoms with E-state index in [1.165, 1.54) is 44.2 Å². The lowest BCUT2D eigenvalue weighted by Crippen LogP contribution is -2.44. The Morgan fingerprint density at radius 1 is 1.14 bits per heavy atom. The van der Waals surface area contributed by atoms with E-state index in [0.717, 1.165) is 6.04 Å². The molecule has 0 aromatic heterocycles. The highest BCUT2D eigenvalue weighted by atomic mass is 16.4. The predicted octanol–water partition coefficient (Wildman–Crippen LogP) is 3.67. The van der Waals surface area contributed by atoms with Crippen molar-refractivity contribution < 1.29 is 9.90 Å². The molecule has 2 rings (SSSR count). The molecular weight excluding hydrogens is 264 g/mol. The first-order valence-corrected chi connectivity index (χ1v) is 7.64. The van der Waals surface area contributed by atoms with Crippen LogP contribution in [0, 0.1) is 0 Å². The molecule has 1 aliphatic rings. The van der Waals surface area contributed by atoms with Crippen molar-refractivity contribution in [3.8, 4) is 0 Å². The third-order valence-electron chi connectivity index (χ3n) is 3.40. The average Bonchev–Trinajstić information content (AvgIpc) is 2.39. The van der Waals surface area contributed by atoms with E-state index in [-0.39, 0.29) is 5.56 Å². The smallest absolute Gasteiger partial charge is 0.335 e. The van der Waals surface area contributed by atoms with Crippen LogP contribution in [0.3, 0.4) is 0 Å². The molecule has 118 valence electrons. The van der Waals surface area contributed by atoms with Crippen LogP contribution in [0.5, 0.6) is 0 Å². The van der Waals surface area contributed by atoms with E-state index < -0.39 is 5.97 Å². The molecule has 4 N–H and O–H groups in total. The van der Waals surface area contributed by atoms with Gasteiger partial charge < -0.3 is 16.2 Å². The second-order valence-corrected chi connectivity index (χ2v) is 6.66. The number of carboxylic acids is 1. The van der Waals surface area contributed by atoms with Gasteiger partial charge in [-0.05, 0) is 57.9 Å². The van der Waals surface area contributed by atoms with Crippen molar-refractivity contribution in [1.82, 2.24) is 5.32 Å². The van der Waals surface area contributed by atoms with Crippen molar-refractivity contribution in [3.63, 3.8) is 0 Å². The standard InChI is InChI=1S/C10H21N.C7H7NO2/c1-10(2,3)11-9-7-5-4-6-8-9;8-6-3-1-5(2-4-6)7(9)10/h9,11H,4-8H2,1-3H3;1-4H,8H2,(H,9,10). The topological polar surface area (TPSA) is 75.3 Å². The highest BCUT2D eigenvalue weighted by Crippen LogP contribution is 2.19. The maximum absolute atomic E-state index is 10.3. The van der Waals surface area contributed by atoms with Crippen molar-refractivity contribution in [2.45, 2.75) is 64.5 Å². The van der Waals surface area contributed by atoms with Gasteiger partial charge in [-0.3, -0.25) is 0 Å². The molecule has 0 atom stereocenters. The fourth-order valence-corrected chi connectivity index (χ4v) is 2.48. The lowest BCUT2D eigenvalue weighted by molar-refractivity contribution is 0.0697. The summed E-state index contributed by atoms with van der Waals surface area (Å²) in [6, 6.07) is 6.85. The molecule has 1 aromatic rings. The van der Waals surface area contributed by atoms with Gasteiger partial charge in [-0.15, -0.1) is 0 Å². The summed E-state index contributed by atoms with van der Waals surface area (Å²) < 4.78 is 0. The summed E-state index contributed by atoms with van der Waals surface area (Å²) >= 11 is 0. The number of carbonyl (C=O) groups is 1. The second-order valence-electron chi connectivity index (χ2n) is 6.66. The van der Waals surface area contributed by atoms with E-state index >= 15 is 0 Å². The highest BCUT2D eigenvalue weighted by molar-refractivity contribution is 5.87. The molecule has 1 aliphatic carbocycles. The normalized spacial score (nSPS) is 16.0. The minimum atomic E-state index is -0.931. The molecule has 0 saturated heterocycles. The van der Waals surface area contributed by atoms with Crippen LogP contribution in [-0.4, -0.2) is 22.7 Å². The van der Waals surface area contributed by atoms with Gasteiger partial charge in [-0.1, -0.05) is 19.3 Å². The van der Waals surface area contributed by atoms with Crippen molar-refractivity contribution in [2.75, 3.05) is 5.73 Å². The lowest BCUT2D eigenvalue weighted by atomic mass is 9.93.